The average molecular weight is 284 g/mol. The zero-order chi connectivity index (χ0) is 15.0. The highest BCUT2D eigenvalue weighted by Gasteiger charge is 2.14. The normalized spacial score (nSPS) is 12.4. The van der Waals surface area contributed by atoms with Crippen LogP contribution in [0.2, 0.25) is 0 Å². The molecule has 0 aliphatic carbocycles. The van der Waals surface area contributed by atoms with Gasteiger partial charge in [0.1, 0.15) is 5.82 Å². The zero-order valence-corrected chi connectivity index (χ0v) is 12.8. The fourth-order valence-electron chi connectivity index (χ4n) is 2.03. The van der Waals surface area contributed by atoms with Crippen molar-refractivity contribution < 1.29 is 13.9 Å². The molecule has 1 rings (SSSR count). The topological polar surface area (TPSA) is 33.7 Å². The molecule has 0 radical (unpaired) electrons. The number of nitrogens with zero attached hydrogens (tertiary/aromatic N) is 1. The molecule has 1 aromatic carbocycles. The largest absolute Gasteiger partial charge is 0.383 e. The van der Waals surface area contributed by atoms with Crippen molar-refractivity contribution in [3.63, 3.8) is 0 Å². The lowest BCUT2D eigenvalue weighted by Crippen LogP contribution is -2.33. The number of hydrogen-bond donors (Lipinski definition) is 1. The molecule has 0 amide bonds. The Morgan fingerprint density at radius 2 is 2.05 bits per heavy atom. The standard InChI is InChI=1S/C15H25FN2O2/c1-12(11-20-4)18(2)15-6-5-14(16)9-13(15)10-17-7-8-19-3/h5-6,9,12,17H,7-8,10-11H2,1-4H3. The summed E-state index contributed by atoms with van der Waals surface area (Å²) < 4.78 is 23.6. The number of likely N-dealkylation sites (N-methyl/N-ethyl adjacent to an activating group) is 1. The van der Waals surface area contributed by atoms with Gasteiger partial charge in [0.25, 0.3) is 0 Å². The van der Waals surface area contributed by atoms with Crippen molar-refractivity contribution in [3.05, 3.63) is 29.6 Å². The van der Waals surface area contributed by atoms with Gasteiger partial charge in [-0.15, -0.1) is 0 Å². The third-order valence-electron chi connectivity index (χ3n) is 3.29. The summed E-state index contributed by atoms with van der Waals surface area (Å²) in [6.45, 7) is 4.70. The number of nitrogens with one attached hydrogen (secondary N) is 1. The van der Waals surface area contributed by atoms with Gasteiger partial charge in [-0.2, -0.15) is 0 Å². The Bertz CT molecular complexity index is 401. The van der Waals surface area contributed by atoms with Crippen LogP contribution in [0.25, 0.3) is 0 Å². The summed E-state index contributed by atoms with van der Waals surface area (Å²) in [6.07, 6.45) is 0. The maximum Gasteiger partial charge on any atom is 0.123 e. The predicted molar refractivity (Wildman–Crippen MR) is 79.7 cm³/mol. The van der Waals surface area contributed by atoms with Crippen LogP contribution in [0.3, 0.4) is 0 Å². The summed E-state index contributed by atoms with van der Waals surface area (Å²) in [5.74, 6) is -0.218. The van der Waals surface area contributed by atoms with Gasteiger partial charge in [-0.3, -0.25) is 0 Å². The second-order valence-electron chi connectivity index (χ2n) is 4.86. The molecule has 5 heteroatoms. The number of ether oxygens (including phenoxy) is 2. The summed E-state index contributed by atoms with van der Waals surface area (Å²) in [5.41, 5.74) is 1.95. The van der Waals surface area contributed by atoms with Crippen LogP contribution >= 0.6 is 0 Å². The lowest BCUT2D eigenvalue weighted by Gasteiger charge is -2.28. The van der Waals surface area contributed by atoms with E-state index in [-0.39, 0.29) is 11.9 Å². The van der Waals surface area contributed by atoms with Crippen molar-refractivity contribution in [3.8, 4) is 0 Å². The van der Waals surface area contributed by atoms with E-state index in [1.807, 2.05) is 13.1 Å². The van der Waals surface area contributed by atoms with Gasteiger partial charge >= 0.3 is 0 Å². The maximum atomic E-state index is 13.4. The van der Waals surface area contributed by atoms with Crippen molar-refractivity contribution in [1.29, 1.82) is 0 Å². The highest BCUT2D eigenvalue weighted by atomic mass is 19.1. The first-order valence-corrected chi connectivity index (χ1v) is 6.80. The van der Waals surface area contributed by atoms with Crippen molar-refractivity contribution in [2.45, 2.75) is 19.5 Å². The number of methoxy groups -OCH3 is 2. The third kappa shape index (κ3) is 5.07. The molecule has 0 aliphatic heterocycles. The Morgan fingerprint density at radius 1 is 1.30 bits per heavy atom. The first-order chi connectivity index (χ1) is 9.60. The molecule has 0 aliphatic rings. The van der Waals surface area contributed by atoms with Gasteiger partial charge < -0.3 is 19.7 Å². The SMILES string of the molecule is COCCNCc1cc(F)ccc1N(C)C(C)COC. The molecule has 0 bridgehead atoms. The summed E-state index contributed by atoms with van der Waals surface area (Å²) in [7, 11) is 5.34. The van der Waals surface area contributed by atoms with Crippen LogP contribution in [-0.4, -0.2) is 47.1 Å². The summed E-state index contributed by atoms with van der Waals surface area (Å²) >= 11 is 0. The Morgan fingerprint density at radius 3 is 2.70 bits per heavy atom. The maximum absolute atomic E-state index is 13.4. The van der Waals surface area contributed by atoms with Crippen LogP contribution in [0, 0.1) is 5.82 Å². The molecule has 1 atom stereocenters. The van der Waals surface area contributed by atoms with Crippen LogP contribution in [0.4, 0.5) is 10.1 Å². The van der Waals surface area contributed by atoms with Crippen molar-refractivity contribution in [2.24, 2.45) is 0 Å². The fraction of sp³-hybridized carbons (Fsp3) is 0.600. The molecule has 0 fully saturated rings. The highest BCUT2D eigenvalue weighted by Crippen LogP contribution is 2.22. The Hall–Kier alpha value is -1.17. The Kier molecular flexibility index (Phi) is 7.51. The number of benzene rings is 1. The van der Waals surface area contributed by atoms with Gasteiger partial charge in [-0.25, -0.2) is 4.39 Å². The smallest absolute Gasteiger partial charge is 0.123 e. The molecule has 20 heavy (non-hydrogen) atoms. The molecule has 1 N–H and O–H groups in total. The van der Waals surface area contributed by atoms with E-state index in [4.69, 9.17) is 9.47 Å². The summed E-state index contributed by atoms with van der Waals surface area (Å²) in [5, 5.41) is 3.25. The average Bonchev–Trinajstić information content (AvgIpc) is 2.43. The number of hydrogen-bond acceptors (Lipinski definition) is 4. The van der Waals surface area contributed by atoms with Crippen LogP contribution in [0.15, 0.2) is 18.2 Å². The van der Waals surface area contributed by atoms with Gasteiger partial charge in [0.15, 0.2) is 0 Å². The van der Waals surface area contributed by atoms with E-state index in [0.717, 1.165) is 17.8 Å². The molecule has 4 nitrogen and oxygen atoms in total. The zero-order valence-electron chi connectivity index (χ0n) is 12.8. The van der Waals surface area contributed by atoms with Crippen molar-refractivity contribution in [2.75, 3.05) is 45.9 Å². The first kappa shape index (κ1) is 16.9. The summed E-state index contributed by atoms with van der Waals surface area (Å²) in [6, 6.07) is 5.10. The van der Waals surface area contributed by atoms with Gasteiger partial charge in [-0.05, 0) is 30.7 Å². The minimum atomic E-state index is -0.218. The lowest BCUT2D eigenvalue weighted by atomic mass is 10.1. The molecule has 0 aromatic heterocycles. The van der Waals surface area contributed by atoms with E-state index in [2.05, 4.69) is 17.1 Å². The molecular formula is C15H25FN2O2. The number of halogens is 1. The Balaban J connectivity index is 2.78. The molecular weight excluding hydrogens is 259 g/mol. The van der Waals surface area contributed by atoms with Crippen LogP contribution < -0.4 is 10.2 Å². The van der Waals surface area contributed by atoms with E-state index in [1.165, 1.54) is 6.07 Å². The van der Waals surface area contributed by atoms with Crippen molar-refractivity contribution >= 4 is 5.69 Å². The van der Waals surface area contributed by atoms with E-state index >= 15 is 0 Å². The molecule has 0 saturated carbocycles. The Labute approximate surface area is 120 Å². The minimum Gasteiger partial charge on any atom is -0.383 e. The second kappa shape index (κ2) is 8.89. The van der Waals surface area contributed by atoms with Crippen LogP contribution in [0.1, 0.15) is 12.5 Å². The molecule has 114 valence electrons. The monoisotopic (exact) mass is 284 g/mol. The minimum absolute atomic E-state index is 0.218. The first-order valence-electron chi connectivity index (χ1n) is 6.80. The number of anilines is 1. The van der Waals surface area contributed by atoms with Crippen LogP contribution in [0.5, 0.6) is 0 Å². The van der Waals surface area contributed by atoms with Gasteiger partial charge in [0, 0.05) is 46.1 Å². The fourth-order valence-corrected chi connectivity index (χ4v) is 2.03. The van der Waals surface area contributed by atoms with E-state index in [0.29, 0.717) is 19.8 Å². The molecule has 1 unspecified atom stereocenters. The molecule has 1 aromatic rings. The van der Waals surface area contributed by atoms with Gasteiger partial charge in [0.05, 0.1) is 13.2 Å². The van der Waals surface area contributed by atoms with Gasteiger partial charge in [-0.1, -0.05) is 0 Å². The van der Waals surface area contributed by atoms with Crippen LogP contribution in [-0.2, 0) is 16.0 Å². The predicted octanol–water partition coefficient (Wildman–Crippen LogP) is 2.03. The second-order valence-corrected chi connectivity index (χ2v) is 4.86. The van der Waals surface area contributed by atoms with E-state index in [1.54, 1.807) is 20.3 Å². The molecule has 0 spiro atoms. The van der Waals surface area contributed by atoms with E-state index in [9.17, 15) is 4.39 Å². The number of rotatable bonds is 9. The quantitative estimate of drug-likeness (QED) is 0.704. The van der Waals surface area contributed by atoms with E-state index < -0.39 is 0 Å². The highest BCUT2D eigenvalue weighted by molar-refractivity contribution is 5.54. The third-order valence-corrected chi connectivity index (χ3v) is 3.29. The lowest BCUT2D eigenvalue weighted by molar-refractivity contribution is 0.183. The molecule has 0 heterocycles. The van der Waals surface area contributed by atoms with Crippen molar-refractivity contribution in [1.82, 2.24) is 5.32 Å². The summed E-state index contributed by atoms with van der Waals surface area (Å²) in [4.78, 5) is 2.11. The van der Waals surface area contributed by atoms with Gasteiger partial charge in [0.2, 0.25) is 0 Å². The molecule has 0 saturated heterocycles.